The lowest BCUT2D eigenvalue weighted by molar-refractivity contribution is -0.359. The second kappa shape index (κ2) is 6.97. The number of ether oxygens (including phenoxy) is 2. The topological polar surface area (TPSA) is 52.6 Å². The number of alkyl halides is 7. The van der Waals surface area contributed by atoms with E-state index in [9.17, 15) is 40.3 Å². The average Bonchev–Trinajstić information content (AvgIpc) is 2.34. The van der Waals surface area contributed by atoms with Gasteiger partial charge in [-0.3, -0.25) is 4.79 Å². The third kappa shape index (κ3) is 5.19. The SMILES string of the molecule is C=C(C)C(=O)OCCC(=O)OCC(F)(F)C(F)(F)C(F)(F)F. The first-order chi connectivity index (χ1) is 9.72. The fourth-order valence-electron chi connectivity index (χ4n) is 0.892. The van der Waals surface area contributed by atoms with E-state index >= 15 is 0 Å². The van der Waals surface area contributed by atoms with Crippen molar-refractivity contribution in [3.63, 3.8) is 0 Å². The molecule has 0 aliphatic heterocycles. The van der Waals surface area contributed by atoms with Crippen LogP contribution in [0.3, 0.4) is 0 Å². The van der Waals surface area contributed by atoms with Crippen LogP contribution in [-0.2, 0) is 19.1 Å². The molecule has 4 nitrogen and oxygen atoms in total. The highest BCUT2D eigenvalue weighted by atomic mass is 19.4. The maximum Gasteiger partial charge on any atom is 0.460 e. The average molecular weight is 340 g/mol. The zero-order chi connectivity index (χ0) is 17.8. The highest BCUT2D eigenvalue weighted by molar-refractivity contribution is 5.87. The molecule has 0 unspecified atom stereocenters. The van der Waals surface area contributed by atoms with Gasteiger partial charge in [0.1, 0.15) is 6.61 Å². The lowest BCUT2D eigenvalue weighted by Crippen LogP contribution is -2.54. The molecule has 0 spiro atoms. The van der Waals surface area contributed by atoms with Gasteiger partial charge in [-0.05, 0) is 6.92 Å². The van der Waals surface area contributed by atoms with Crippen molar-refractivity contribution in [2.24, 2.45) is 0 Å². The molecule has 0 fully saturated rings. The number of halogens is 7. The second-order valence-corrected chi connectivity index (χ2v) is 4.10. The summed E-state index contributed by atoms with van der Waals surface area (Å²) in [5.74, 6) is -14.4. The molecule has 0 aliphatic carbocycles. The molecule has 0 bridgehead atoms. The van der Waals surface area contributed by atoms with E-state index in [0.717, 1.165) is 0 Å². The van der Waals surface area contributed by atoms with Crippen molar-refractivity contribution in [3.8, 4) is 0 Å². The minimum absolute atomic E-state index is 0.0234. The molecular weight excluding hydrogens is 329 g/mol. The fraction of sp³-hybridized carbons (Fsp3) is 0.636. The van der Waals surface area contributed by atoms with E-state index < -0.39 is 49.6 Å². The standard InChI is InChI=1S/C11H11F7O4/c1-6(2)8(20)21-4-3-7(19)22-5-9(12,13)10(14,15)11(16,17)18/h1,3-5H2,2H3. The van der Waals surface area contributed by atoms with Crippen molar-refractivity contribution in [2.75, 3.05) is 13.2 Å². The third-order valence-electron chi connectivity index (χ3n) is 2.12. The van der Waals surface area contributed by atoms with Gasteiger partial charge >= 0.3 is 30.0 Å². The largest absolute Gasteiger partial charge is 0.462 e. The Bertz CT molecular complexity index is 442. The van der Waals surface area contributed by atoms with Crippen LogP contribution in [0.2, 0.25) is 0 Å². The number of rotatable bonds is 7. The number of hydrogen-bond acceptors (Lipinski definition) is 4. The number of carbonyl (C=O) groups excluding carboxylic acids is 2. The van der Waals surface area contributed by atoms with Crippen LogP contribution in [0.5, 0.6) is 0 Å². The molecule has 128 valence electrons. The molecule has 0 radical (unpaired) electrons. The Morgan fingerprint density at radius 3 is 1.91 bits per heavy atom. The summed E-state index contributed by atoms with van der Waals surface area (Å²) >= 11 is 0. The lowest BCUT2D eigenvalue weighted by Gasteiger charge is -2.27. The summed E-state index contributed by atoms with van der Waals surface area (Å²) in [5, 5.41) is 0. The molecule has 22 heavy (non-hydrogen) atoms. The minimum Gasteiger partial charge on any atom is -0.462 e. The Hall–Kier alpha value is -1.81. The first-order valence-electron chi connectivity index (χ1n) is 5.53. The summed E-state index contributed by atoms with van der Waals surface area (Å²) in [5.41, 5.74) is -0.0234. The summed E-state index contributed by atoms with van der Waals surface area (Å²) < 4.78 is 93.8. The van der Waals surface area contributed by atoms with Crippen LogP contribution in [-0.4, -0.2) is 43.2 Å². The van der Waals surface area contributed by atoms with Crippen molar-refractivity contribution in [3.05, 3.63) is 12.2 Å². The van der Waals surface area contributed by atoms with E-state index in [1.54, 1.807) is 0 Å². The molecule has 0 aliphatic rings. The van der Waals surface area contributed by atoms with Crippen LogP contribution >= 0.6 is 0 Å². The predicted octanol–water partition coefficient (Wildman–Crippen LogP) is 2.87. The second-order valence-electron chi connectivity index (χ2n) is 4.10. The molecule has 0 atom stereocenters. The summed E-state index contributed by atoms with van der Waals surface area (Å²) in [4.78, 5) is 21.8. The molecule has 0 aromatic rings. The van der Waals surface area contributed by atoms with Crippen LogP contribution in [0.1, 0.15) is 13.3 Å². The zero-order valence-corrected chi connectivity index (χ0v) is 11.1. The van der Waals surface area contributed by atoms with E-state index in [-0.39, 0.29) is 5.57 Å². The van der Waals surface area contributed by atoms with Gasteiger partial charge in [-0.25, -0.2) is 4.79 Å². The Morgan fingerprint density at radius 2 is 1.50 bits per heavy atom. The first-order valence-corrected chi connectivity index (χ1v) is 5.53. The molecule has 0 saturated heterocycles. The van der Waals surface area contributed by atoms with Gasteiger partial charge in [0, 0.05) is 5.57 Å². The van der Waals surface area contributed by atoms with Crippen molar-refractivity contribution < 1.29 is 49.8 Å². The van der Waals surface area contributed by atoms with Crippen molar-refractivity contribution in [1.29, 1.82) is 0 Å². The van der Waals surface area contributed by atoms with E-state index in [1.807, 2.05) is 0 Å². The molecule has 11 heteroatoms. The van der Waals surface area contributed by atoms with E-state index in [4.69, 9.17) is 0 Å². The van der Waals surface area contributed by atoms with Gasteiger partial charge in [0.05, 0.1) is 6.42 Å². The van der Waals surface area contributed by atoms with E-state index in [1.165, 1.54) is 6.92 Å². The molecular formula is C11H11F7O4. The van der Waals surface area contributed by atoms with Crippen LogP contribution in [0.25, 0.3) is 0 Å². The summed E-state index contributed by atoms with van der Waals surface area (Å²) in [6.07, 6.45) is -7.30. The molecule has 0 aromatic heterocycles. The van der Waals surface area contributed by atoms with E-state index in [0.29, 0.717) is 0 Å². The fourth-order valence-corrected chi connectivity index (χ4v) is 0.892. The van der Waals surface area contributed by atoms with E-state index in [2.05, 4.69) is 16.1 Å². The maximum atomic E-state index is 12.8. The van der Waals surface area contributed by atoms with Gasteiger partial charge in [-0.15, -0.1) is 0 Å². The Morgan fingerprint density at radius 1 is 1.00 bits per heavy atom. The Labute approximate surface area is 119 Å². The quantitative estimate of drug-likeness (QED) is 0.406. The van der Waals surface area contributed by atoms with Crippen molar-refractivity contribution in [2.45, 2.75) is 31.4 Å². The summed E-state index contributed by atoms with van der Waals surface area (Å²) in [6, 6.07) is 0. The maximum absolute atomic E-state index is 12.8. The van der Waals surface area contributed by atoms with Crippen molar-refractivity contribution in [1.82, 2.24) is 0 Å². The normalized spacial score (nSPS) is 12.7. The van der Waals surface area contributed by atoms with Gasteiger partial charge in [-0.1, -0.05) is 6.58 Å². The summed E-state index contributed by atoms with van der Waals surface area (Å²) in [6.45, 7) is 1.37. The third-order valence-corrected chi connectivity index (χ3v) is 2.12. The van der Waals surface area contributed by atoms with Gasteiger partial charge in [0.25, 0.3) is 0 Å². The summed E-state index contributed by atoms with van der Waals surface area (Å²) in [7, 11) is 0. The number of carbonyl (C=O) groups is 2. The molecule has 0 N–H and O–H groups in total. The molecule has 0 amide bonds. The van der Waals surface area contributed by atoms with Gasteiger partial charge in [0.15, 0.2) is 6.61 Å². The van der Waals surface area contributed by atoms with Crippen LogP contribution in [0, 0.1) is 0 Å². The highest BCUT2D eigenvalue weighted by Gasteiger charge is 2.73. The predicted molar refractivity (Wildman–Crippen MR) is 57.3 cm³/mol. The number of hydrogen-bond donors (Lipinski definition) is 0. The van der Waals surface area contributed by atoms with Crippen LogP contribution < -0.4 is 0 Å². The zero-order valence-electron chi connectivity index (χ0n) is 11.1. The molecule has 0 rings (SSSR count). The highest BCUT2D eigenvalue weighted by Crippen LogP contribution is 2.46. The van der Waals surface area contributed by atoms with Crippen LogP contribution in [0.4, 0.5) is 30.7 Å². The monoisotopic (exact) mass is 340 g/mol. The smallest absolute Gasteiger partial charge is 0.460 e. The van der Waals surface area contributed by atoms with Gasteiger partial charge in [-0.2, -0.15) is 30.7 Å². The van der Waals surface area contributed by atoms with Gasteiger partial charge in [0.2, 0.25) is 0 Å². The first kappa shape index (κ1) is 20.2. The number of esters is 2. The minimum atomic E-state index is -6.50. The molecule has 0 saturated carbocycles. The Kier molecular flexibility index (Phi) is 6.39. The van der Waals surface area contributed by atoms with Crippen molar-refractivity contribution >= 4 is 11.9 Å². The lowest BCUT2D eigenvalue weighted by atomic mass is 10.2. The Balaban J connectivity index is 4.40. The molecule has 0 heterocycles. The molecule has 0 aromatic carbocycles. The van der Waals surface area contributed by atoms with Crippen LogP contribution in [0.15, 0.2) is 12.2 Å². The van der Waals surface area contributed by atoms with Gasteiger partial charge < -0.3 is 9.47 Å².